The molecule has 0 fully saturated rings. The van der Waals surface area contributed by atoms with Crippen LogP contribution in [0.5, 0.6) is 5.75 Å². The number of carboxylic acid groups (broad SMARTS) is 1. The van der Waals surface area contributed by atoms with E-state index in [-0.39, 0.29) is 16.8 Å². The van der Waals surface area contributed by atoms with Crippen LogP contribution in [-0.4, -0.2) is 27.2 Å². The molecule has 5 heteroatoms. The van der Waals surface area contributed by atoms with Gasteiger partial charge in [0.1, 0.15) is 5.75 Å². The molecule has 2 aromatic rings. The largest absolute Gasteiger partial charge is 0.508 e. The molecule has 29 heavy (non-hydrogen) atoms. The van der Waals surface area contributed by atoms with Crippen LogP contribution in [0.25, 0.3) is 17.2 Å². The Hall–Kier alpha value is -3.31. The summed E-state index contributed by atoms with van der Waals surface area (Å²) in [5, 5.41) is 20.6. The highest BCUT2D eigenvalue weighted by molar-refractivity contribution is 8.03. The maximum atomic E-state index is 11.9. The van der Waals surface area contributed by atoms with E-state index in [0.717, 1.165) is 39.5 Å². The van der Waals surface area contributed by atoms with Gasteiger partial charge in [0.05, 0.1) is 0 Å². The van der Waals surface area contributed by atoms with Gasteiger partial charge in [-0.3, -0.25) is 4.79 Å². The first kappa shape index (κ1) is 19.0. The van der Waals surface area contributed by atoms with Crippen molar-refractivity contribution in [2.24, 2.45) is 0 Å². The van der Waals surface area contributed by atoms with Crippen molar-refractivity contribution in [3.63, 3.8) is 0 Å². The Balaban J connectivity index is 1.81. The third-order valence-corrected chi connectivity index (χ3v) is 6.01. The zero-order valence-electron chi connectivity index (χ0n) is 15.4. The summed E-state index contributed by atoms with van der Waals surface area (Å²) >= 11 is 1.64. The van der Waals surface area contributed by atoms with Crippen LogP contribution in [0.1, 0.15) is 23.1 Å². The van der Waals surface area contributed by atoms with Crippen LogP contribution in [0.15, 0.2) is 77.7 Å². The first-order chi connectivity index (χ1) is 14.0. The molecule has 0 radical (unpaired) electrons. The van der Waals surface area contributed by atoms with Gasteiger partial charge in [-0.05, 0) is 63.1 Å². The maximum Gasteiger partial charge on any atom is 0.328 e. The number of fused-ring (bicyclic) bond motifs is 1. The number of ketones is 1. The van der Waals surface area contributed by atoms with Gasteiger partial charge in [-0.15, -0.1) is 11.8 Å². The van der Waals surface area contributed by atoms with E-state index in [1.165, 1.54) is 0 Å². The van der Waals surface area contributed by atoms with E-state index in [4.69, 9.17) is 5.11 Å². The molecular formula is C24H18O4S. The first-order valence-electron chi connectivity index (χ1n) is 9.13. The fourth-order valence-electron chi connectivity index (χ4n) is 3.49. The number of rotatable bonds is 4. The van der Waals surface area contributed by atoms with Gasteiger partial charge in [0.25, 0.3) is 0 Å². The normalized spacial score (nSPS) is 18.7. The Labute approximate surface area is 172 Å². The van der Waals surface area contributed by atoms with Gasteiger partial charge in [-0.1, -0.05) is 42.5 Å². The van der Waals surface area contributed by atoms with Crippen molar-refractivity contribution in [2.45, 2.75) is 11.7 Å². The van der Waals surface area contributed by atoms with Gasteiger partial charge in [-0.25, -0.2) is 4.79 Å². The van der Waals surface area contributed by atoms with Gasteiger partial charge in [-0.2, -0.15) is 0 Å². The summed E-state index contributed by atoms with van der Waals surface area (Å²) in [6.07, 6.45) is 6.68. The zero-order chi connectivity index (χ0) is 20.4. The second-order valence-electron chi connectivity index (χ2n) is 6.83. The lowest BCUT2D eigenvalue weighted by Gasteiger charge is -2.29. The van der Waals surface area contributed by atoms with Gasteiger partial charge in [0, 0.05) is 17.7 Å². The number of carbonyl (C=O) groups is 2. The Kier molecular flexibility index (Phi) is 5.23. The number of phenolic OH excluding ortho intramolecular Hbond substituents is 1. The molecule has 4 rings (SSSR count). The van der Waals surface area contributed by atoms with Crippen LogP contribution < -0.4 is 0 Å². The molecule has 2 aromatic carbocycles. The summed E-state index contributed by atoms with van der Waals surface area (Å²) in [7, 11) is 0. The number of hydrogen-bond acceptors (Lipinski definition) is 4. The van der Waals surface area contributed by atoms with Crippen molar-refractivity contribution in [3.8, 4) is 5.75 Å². The van der Waals surface area contributed by atoms with Crippen molar-refractivity contribution in [3.05, 3.63) is 94.4 Å². The second kappa shape index (κ2) is 7.97. The summed E-state index contributed by atoms with van der Waals surface area (Å²) in [5.74, 6) is -0.649. The molecule has 1 aliphatic heterocycles. The first-order valence-corrected chi connectivity index (χ1v) is 10.1. The van der Waals surface area contributed by atoms with Crippen molar-refractivity contribution >= 4 is 40.7 Å². The van der Waals surface area contributed by atoms with Crippen molar-refractivity contribution in [1.82, 2.24) is 0 Å². The average molecular weight is 402 g/mol. The van der Waals surface area contributed by atoms with E-state index in [0.29, 0.717) is 6.42 Å². The lowest BCUT2D eigenvalue weighted by atomic mass is 9.85. The van der Waals surface area contributed by atoms with Gasteiger partial charge < -0.3 is 10.2 Å². The fourth-order valence-corrected chi connectivity index (χ4v) is 4.64. The number of aliphatic carboxylic acids is 1. The fraction of sp³-hybridized carbons (Fsp3) is 0.0833. The van der Waals surface area contributed by atoms with E-state index >= 15 is 0 Å². The number of allylic oxidation sites excluding steroid dienone is 4. The van der Waals surface area contributed by atoms with Crippen LogP contribution in [0.3, 0.4) is 0 Å². The van der Waals surface area contributed by atoms with E-state index in [9.17, 15) is 14.7 Å². The smallest absolute Gasteiger partial charge is 0.328 e. The van der Waals surface area contributed by atoms with Crippen LogP contribution in [-0.2, 0) is 9.59 Å². The number of carboxylic acids is 1. The molecule has 0 saturated heterocycles. The molecule has 0 amide bonds. The Morgan fingerprint density at radius 3 is 2.38 bits per heavy atom. The molecule has 1 aliphatic carbocycles. The van der Waals surface area contributed by atoms with Crippen LogP contribution in [0.2, 0.25) is 0 Å². The molecule has 0 saturated carbocycles. The molecule has 1 atom stereocenters. The number of phenols is 1. The third kappa shape index (κ3) is 4.10. The number of thioether (sulfide) groups is 1. The highest BCUT2D eigenvalue weighted by atomic mass is 32.2. The third-order valence-electron chi connectivity index (χ3n) is 4.89. The number of hydrogen-bond donors (Lipinski definition) is 2. The van der Waals surface area contributed by atoms with Crippen LogP contribution in [0, 0.1) is 0 Å². The van der Waals surface area contributed by atoms with E-state index < -0.39 is 5.97 Å². The van der Waals surface area contributed by atoms with Crippen LogP contribution >= 0.6 is 11.8 Å². The predicted octanol–water partition coefficient (Wildman–Crippen LogP) is 4.93. The standard InChI is InChI=1S/C24H18O4S/c25-18-8-6-16(7-9-18)21-14-29-22-13-19(26)10-11-20(22)24(21)17-4-1-15(2-5-17)3-12-23(27)28/h1-12,14,22,25H,13H2,(H,27,28). The monoisotopic (exact) mass is 402 g/mol. The molecule has 0 bridgehead atoms. The lowest BCUT2D eigenvalue weighted by molar-refractivity contribution is -0.131. The minimum atomic E-state index is -0.985. The van der Waals surface area contributed by atoms with E-state index in [2.05, 4.69) is 5.41 Å². The minimum absolute atomic E-state index is 0.0787. The van der Waals surface area contributed by atoms with Gasteiger partial charge >= 0.3 is 5.97 Å². The Bertz CT molecular complexity index is 1090. The van der Waals surface area contributed by atoms with Crippen LogP contribution in [0.4, 0.5) is 0 Å². The van der Waals surface area contributed by atoms with E-state index in [1.54, 1.807) is 36.0 Å². The highest BCUT2D eigenvalue weighted by Gasteiger charge is 2.29. The quantitative estimate of drug-likeness (QED) is 0.710. The number of aromatic hydroxyl groups is 1. The molecule has 0 spiro atoms. The summed E-state index contributed by atoms with van der Waals surface area (Å²) < 4.78 is 0. The lowest BCUT2D eigenvalue weighted by Crippen LogP contribution is -2.19. The number of benzene rings is 2. The van der Waals surface area contributed by atoms with Gasteiger partial charge in [0.2, 0.25) is 0 Å². The van der Waals surface area contributed by atoms with Crippen molar-refractivity contribution < 1.29 is 19.8 Å². The summed E-state index contributed by atoms with van der Waals surface area (Å²) in [6.45, 7) is 0. The molecule has 2 N–H and O–H groups in total. The van der Waals surface area contributed by atoms with E-state index in [1.807, 2.05) is 42.5 Å². The molecule has 2 aliphatic rings. The second-order valence-corrected chi connectivity index (χ2v) is 7.91. The van der Waals surface area contributed by atoms with Gasteiger partial charge in [0.15, 0.2) is 5.78 Å². The summed E-state index contributed by atoms with van der Waals surface area (Å²) in [5.41, 5.74) is 5.97. The average Bonchev–Trinajstić information content (AvgIpc) is 2.72. The minimum Gasteiger partial charge on any atom is -0.508 e. The SMILES string of the molecule is O=C(O)C=Cc1ccc(C2=C3C=CC(=O)CC3SC=C2c2ccc(O)cc2)cc1. The Morgan fingerprint density at radius 2 is 1.69 bits per heavy atom. The molecule has 1 unspecified atom stereocenters. The molecular weight excluding hydrogens is 384 g/mol. The highest BCUT2D eigenvalue weighted by Crippen LogP contribution is 2.46. The number of carbonyl (C=O) groups excluding carboxylic acids is 1. The summed E-state index contributed by atoms with van der Waals surface area (Å²) in [4.78, 5) is 22.6. The molecule has 4 nitrogen and oxygen atoms in total. The molecule has 1 heterocycles. The molecule has 144 valence electrons. The maximum absolute atomic E-state index is 11.9. The topological polar surface area (TPSA) is 74.6 Å². The Morgan fingerprint density at radius 1 is 1.00 bits per heavy atom. The predicted molar refractivity (Wildman–Crippen MR) is 116 cm³/mol. The summed E-state index contributed by atoms with van der Waals surface area (Å²) in [6, 6.07) is 14.8. The van der Waals surface area contributed by atoms with Crippen molar-refractivity contribution in [1.29, 1.82) is 0 Å². The zero-order valence-corrected chi connectivity index (χ0v) is 16.2. The molecule has 0 aromatic heterocycles. The van der Waals surface area contributed by atoms with Crippen molar-refractivity contribution in [2.75, 3.05) is 0 Å².